The van der Waals surface area contributed by atoms with E-state index in [9.17, 15) is 46.0 Å². The van der Waals surface area contributed by atoms with Crippen molar-refractivity contribution in [1.29, 1.82) is 0 Å². The minimum absolute atomic E-state index is 0.0411. The van der Waals surface area contributed by atoms with Crippen molar-refractivity contribution in [3.63, 3.8) is 0 Å². The molecule has 2 heterocycles. The molecule has 6 rings (SSSR count). The van der Waals surface area contributed by atoms with Crippen LogP contribution in [-0.2, 0) is 18.9 Å². The lowest BCUT2D eigenvalue weighted by molar-refractivity contribution is -0.382. The molecule has 0 radical (unpaired) electrons. The first-order valence-electron chi connectivity index (χ1n) is 20.8. The maximum absolute atomic E-state index is 12.3. The highest BCUT2D eigenvalue weighted by molar-refractivity contribution is 5.22. The Kier molecular flexibility index (Phi) is 12.2. The Bertz CT molecular complexity index is 1390. The van der Waals surface area contributed by atoms with Crippen LogP contribution in [0.4, 0.5) is 0 Å². The molecule has 0 bridgehead atoms. The molecule has 6 fully saturated rings. The van der Waals surface area contributed by atoms with E-state index in [-0.39, 0.29) is 23.7 Å². The quantitative estimate of drug-likeness (QED) is 0.121. The van der Waals surface area contributed by atoms with Gasteiger partial charge in [-0.3, -0.25) is 0 Å². The highest BCUT2D eigenvalue weighted by Gasteiger charge is 2.73. The summed E-state index contributed by atoms with van der Waals surface area (Å²) < 4.78 is 25.1. The number of rotatable bonds is 9. The van der Waals surface area contributed by atoms with Crippen molar-refractivity contribution in [2.24, 2.45) is 45.3 Å². The van der Waals surface area contributed by atoms with Gasteiger partial charge in [0.1, 0.15) is 42.7 Å². The van der Waals surface area contributed by atoms with Gasteiger partial charge in [-0.25, -0.2) is 0 Å². The van der Waals surface area contributed by atoms with Crippen LogP contribution in [0.1, 0.15) is 114 Å². The second-order valence-corrected chi connectivity index (χ2v) is 20.3. The molecule has 0 aromatic rings. The van der Waals surface area contributed by atoms with Gasteiger partial charge in [0.05, 0.1) is 36.6 Å². The number of allylic oxidation sites excluding steroid dienone is 2. The van der Waals surface area contributed by atoms with Gasteiger partial charge >= 0.3 is 0 Å². The van der Waals surface area contributed by atoms with E-state index in [0.29, 0.717) is 32.1 Å². The predicted octanol–water partition coefficient (Wildman–Crippen LogP) is 2.15. The molecule has 21 atom stereocenters. The van der Waals surface area contributed by atoms with E-state index in [1.165, 1.54) is 12.5 Å². The molecule has 1 unspecified atom stereocenters. The molecule has 4 saturated carbocycles. The molecule has 0 spiro atoms. The summed E-state index contributed by atoms with van der Waals surface area (Å²) in [5, 5.41) is 100. The number of fused-ring (bicyclic) bond motifs is 5. The van der Waals surface area contributed by atoms with Crippen LogP contribution in [0.5, 0.6) is 0 Å². The van der Waals surface area contributed by atoms with Crippen molar-refractivity contribution in [3.05, 3.63) is 11.6 Å². The van der Waals surface area contributed by atoms with Gasteiger partial charge in [-0.2, -0.15) is 0 Å². The second-order valence-electron chi connectivity index (χ2n) is 20.3. The fourth-order valence-corrected chi connectivity index (χ4v) is 13.3. The third-order valence-corrected chi connectivity index (χ3v) is 16.5. The molecule has 4 aliphatic carbocycles. The summed E-state index contributed by atoms with van der Waals surface area (Å²) in [6.45, 7) is 17.8. The smallest absolute Gasteiger partial charge is 0.187 e. The van der Waals surface area contributed by atoms with Gasteiger partial charge in [0.25, 0.3) is 0 Å². The van der Waals surface area contributed by atoms with E-state index in [1.54, 1.807) is 0 Å². The van der Waals surface area contributed by atoms with Crippen molar-refractivity contribution in [2.75, 3.05) is 6.61 Å². The van der Waals surface area contributed by atoms with Crippen molar-refractivity contribution in [2.45, 2.75) is 199 Å². The van der Waals surface area contributed by atoms with E-state index in [0.717, 1.165) is 19.3 Å². The maximum Gasteiger partial charge on any atom is 0.187 e. The van der Waals surface area contributed by atoms with Gasteiger partial charge in [-0.05, 0) is 124 Å². The normalized spacial score (nSPS) is 53.4. The van der Waals surface area contributed by atoms with Crippen LogP contribution < -0.4 is 0 Å². The van der Waals surface area contributed by atoms with Crippen molar-refractivity contribution in [1.82, 2.24) is 0 Å². The minimum atomic E-state index is -1.70. The van der Waals surface area contributed by atoms with Crippen LogP contribution in [0.15, 0.2) is 11.6 Å². The number of aliphatic hydroxyl groups is 9. The second kappa shape index (κ2) is 15.4. The first-order valence-corrected chi connectivity index (χ1v) is 20.8. The molecule has 0 aromatic heterocycles. The molecular weight excluding hydrogens is 712 g/mol. The van der Waals surface area contributed by atoms with Crippen LogP contribution in [-0.4, -0.2) is 138 Å². The maximum atomic E-state index is 12.3. The third kappa shape index (κ3) is 7.10. The third-order valence-electron chi connectivity index (χ3n) is 16.5. The summed E-state index contributed by atoms with van der Waals surface area (Å²) in [7, 11) is 0. The first kappa shape index (κ1) is 43.8. The van der Waals surface area contributed by atoms with E-state index >= 15 is 0 Å². The molecular formula is C42H72O13. The Balaban J connectivity index is 1.38. The summed E-state index contributed by atoms with van der Waals surface area (Å²) in [6.07, 6.45) is -8.99. The van der Waals surface area contributed by atoms with Crippen LogP contribution in [0, 0.1) is 45.3 Å². The molecule has 0 aromatic carbocycles. The monoisotopic (exact) mass is 784 g/mol. The molecule has 318 valence electrons. The average Bonchev–Trinajstić information content (AvgIpc) is 3.49. The molecule has 13 heteroatoms. The Hall–Kier alpha value is -0.780. The molecule has 13 nitrogen and oxygen atoms in total. The Labute approximate surface area is 327 Å². The van der Waals surface area contributed by atoms with Crippen LogP contribution in [0.25, 0.3) is 0 Å². The molecule has 2 saturated heterocycles. The summed E-state index contributed by atoms with van der Waals surface area (Å²) >= 11 is 0. The molecule has 9 N–H and O–H groups in total. The standard InChI is InChI=1S/C42H72O13/c1-20(2)11-10-14-42(9,51)22-12-16-40(7)28(22)23(44)17-26-39(6)15-13-27(45)38(4,5)35(39)24(18-41(26,40)8)53-37-34(32(49)30(47)25(19-43)54-37)55-36-33(50)31(48)29(46)21(3)52-36/h11,21-37,43-51H,10,12-19H2,1-9H3/t21-,22?,23+,24-,25-,26-,27-,28+,29-,30+,31+,32+,33+,34+,35+,36-,37+,39+,40+,41-,42-/m0/s1. The van der Waals surface area contributed by atoms with Crippen LogP contribution in [0.3, 0.4) is 0 Å². The minimum Gasteiger partial charge on any atom is -0.394 e. The van der Waals surface area contributed by atoms with Gasteiger partial charge in [-0.15, -0.1) is 0 Å². The van der Waals surface area contributed by atoms with E-state index in [4.69, 9.17) is 18.9 Å². The van der Waals surface area contributed by atoms with Crippen molar-refractivity contribution in [3.8, 4) is 0 Å². The molecule has 0 amide bonds. The molecule has 55 heavy (non-hydrogen) atoms. The lowest BCUT2D eigenvalue weighted by atomic mass is 9.34. The number of aliphatic hydroxyl groups excluding tert-OH is 8. The number of ether oxygens (including phenoxy) is 4. The van der Waals surface area contributed by atoms with Crippen LogP contribution >= 0.6 is 0 Å². The summed E-state index contributed by atoms with van der Waals surface area (Å²) in [5.41, 5.74) is -1.71. The lowest BCUT2D eigenvalue weighted by Gasteiger charge is -2.72. The fraction of sp³-hybridized carbons (Fsp3) is 0.952. The van der Waals surface area contributed by atoms with Crippen LogP contribution in [0.2, 0.25) is 0 Å². The van der Waals surface area contributed by atoms with E-state index in [2.05, 4.69) is 40.7 Å². The van der Waals surface area contributed by atoms with Gasteiger partial charge in [0, 0.05) is 0 Å². The van der Waals surface area contributed by atoms with Gasteiger partial charge in [-0.1, -0.05) is 46.3 Å². The Morgan fingerprint density at radius 2 is 1.49 bits per heavy atom. The molecule has 6 aliphatic rings. The topological polar surface area (TPSA) is 219 Å². The zero-order valence-electron chi connectivity index (χ0n) is 34.4. The number of hydrogen-bond donors (Lipinski definition) is 9. The largest absolute Gasteiger partial charge is 0.394 e. The highest BCUT2D eigenvalue weighted by atomic mass is 16.8. The van der Waals surface area contributed by atoms with Gasteiger partial charge in [0.15, 0.2) is 12.6 Å². The predicted molar refractivity (Wildman–Crippen MR) is 201 cm³/mol. The summed E-state index contributed by atoms with van der Waals surface area (Å²) in [5.74, 6) is -0.526. The lowest BCUT2D eigenvalue weighted by Crippen LogP contribution is -2.71. The van der Waals surface area contributed by atoms with Crippen molar-refractivity contribution < 1.29 is 64.9 Å². The summed E-state index contributed by atoms with van der Waals surface area (Å²) in [4.78, 5) is 0. The number of hydrogen-bond acceptors (Lipinski definition) is 13. The zero-order chi connectivity index (χ0) is 40.8. The SMILES string of the molecule is CC(C)=CCC[C@](C)(O)C1CC[C@]2(C)[C@H]1[C@H](O)C[C@H]1[C@@]3(C)CC[C@H](O)C(C)(C)[C@H]3[C@@H](O[C@@H]3O[C@@H](CO)[C@@H](O)[C@@H](O)[C@H]3O[C@@H]3O[C@@H](C)[C@H](O)[C@@H](O)[C@H]3O)C[C@@]12C. The van der Waals surface area contributed by atoms with Gasteiger partial charge in [0.2, 0.25) is 0 Å². The van der Waals surface area contributed by atoms with Gasteiger partial charge < -0.3 is 64.9 Å². The van der Waals surface area contributed by atoms with Crippen molar-refractivity contribution >= 4 is 0 Å². The first-order chi connectivity index (χ1) is 25.5. The van der Waals surface area contributed by atoms with E-state index < -0.39 is 114 Å². The zero-order valence-corrected chi connectivity index (χ0v) is 34.4. The molecule has 2 aliphatic heterocycles. The average molecular weight is 785 g/mol. The fourth-order valence-electron chi connectivity index (χ4n) is 13.3. The highest BCUT2D eigenvalue weighted by Crippen LogP contribution is 2.76. The Morgan fingerprint density at radius 1 is 0.818 bits per heavy atom. The Morgan fingerprint density at radius 3 is 2.13 bits per heavy atom. The van der Waals surface area contributed by atoms with E-state index in [1.807, 2.05) is 20.8 Å². The summed E-state index contributed by atoms with van der Waals surface area (Å²) in [6, 6.07) is 0.